The molecule has 8 heteroatoms. The van der Waals surface area contributed by atoms with Crippen molar-refractivity contribution in [3.05, 3.63) is 0 Å². The SMILES string of the molecule is N[C@@]1(C(=O)NCC(O)C(=O)O)CC[C@H]2[C@H](C(=O)O)[C@H]21. The van der Waals surface area contributed by atoms with Crippen LogP contribution in [0.25, 0.3) is 0 Å². The van der Waals surface area contributed by atoms with E-state index in [0.717, 1.165) is 0 Å². The monoisotopic (exact) mass is 272 g/mol. The lowest BCUT2D eigenvalue weighted by Crippen LogP contribution is -2.56. The fraction of sp³-hybridized carbons (Fsp3) is 0.727. The number of rotatable bonds is 5. The molecule has 6 N–H and O–H groups in total. The summed E-state index contributed by atoms with van der Waals surface area (Å²) in [7, 11) is 0. The zero-order valence-corrected chi connectivity index (χ0v) is 10.1. The largest absolute Gasteiger partial charge is 0.481 e. The molecular formula is C11H16N2O6. The molecule has 5 atom stereocenters. The first kappa shape index (κ1) is 13.8. The highest BCUT2D eigenvalue weighted by atomic mass is 16.4. The van der Waals surface area contributed by atoms with Crippen LogP contribution in [0.5, 0.6) is 0 Å². The maximum absolute atomic E-state index is 12.0. The summed E-state index contributed by atoms with van der Waals surface area (Å²) in [5.74, 6) is -4.05. The van der Waals surface area contributed by atoms with Crippen molar-refractivity contribution >= 4 is 17.8 Å². The highest BCUT2D eigenvalue weighted by Gasteiger charge is 2.69. The third kappa shape index (κ3) is 2.17. The highest BCUT2D eigenvalue weighted by Crippen LogP contribution is 2.61. The van der Waals surface area contributed by atoms with Crippen LogP contribution in [0.3, 0.4) is 0 Å². The number of carboxylic acids is 2. The molecule has 2 fully saturated rings. The molecule has 0 bridgehead atoms. The Balaban J connectivity index is 1.96. The number of hydrogen-bond acceptors (Lipinski definition) is 5. The molecule has 0 aromatic rings. The highest BCUT2D eigenvalue weighted by molar-refractivity contribution is 5.90. The lowest BCUT2D eigenvalue weighted by Gasteiger charge is -2.26. The Hall–Kier alpha value is -1.67. The van der Waals surface area contributed by atoms with Gasteiger partial charge in [0.1, 0.15) is 0 Å². The quantitative estimate of drug-likeness (QED) is 0.388. The predicted molar refractivity (Wildman–Crippen MR) is 60.9 cm³/mol. The standard InChI is InChI=1S/C11H16N2O6/c12-11(10(19)13-3-5(14)8(15)16)2-1-4-6(7(4)11)9(17)18/h4-7,14H,1-3,12H2,(H,13,19)(H,15,16)(H,17,18)/t4-,5?,6-,7-,11-/m0/s1. The Morgan fingerprint density at radius 3 is 2.47 bits per heavy atom. The minimum Gasteiger partial charge on any atom is -0.481 e. The third-order valence-electron chi connectivity index (χ3n) is 4.10. The molecule has 106 valence electrons. The summed E-state index contributed by atoms with van der Waals surface area (Å²) in [4.78, 5) is 33.3. The van der Waals surface area contributed by atoms with Gasteiger partial charge in [0.25, 0.3) is 0 Å². The minimum absolute atomic E-state index is 0.0716. The zero-order valence-electron chi connectivity index (χ0n) is 10.1. The van der Waals surface area contributed by atoms with Gasteiger partial charge in [-0.05, 0) is 18.8 Å². The van der Waals surface area contributed by atoms with Crippen LogP contribution in [0.4, 0.5) is 0 Å². The summed E-state index contributed by atoms with van der Waals surface area (Å²) in [6, 6.07) is 0. The number of aliphatic carboxylic acids is 2. The summed E-state index contributed by atoms with van der Waals surface area (Å²) in [6.07, 6.45) is -0.743. The molecule has 0 aliphatic heterocycles. The molecule has 19 heavy (non-hydrogen) atoms. The van der Waals surface area contributed by atoms with E-state index in [1.54, 1.807) is 0 Å². The Labute approximate surface area is 108 Å². The van der Waals surface area contributed by atoms with Crippen LogP contribution in [0.2, 0.25) is 0 Å². The number of carbonyl (C=O) groups excluding carboxylic acids is 1. The van der Waals surface area contributed by atoms with Gasteiger partial charge < -0.3 is 26.4 Å². The number of aliphatic hydroxyl groups excluding tert-OH is 1. The number of fused-ring (bicyclic) bond motifs is 1. The van der Waals surface area contributed by atoms with Crippen LogP contribution in [-0.4, -0.2) is 51.4 Å². The molecule has 2 rings (SSSR count). The first-order valence-corrected chi connectivity index (χ1v) is 6.00. The van der Waals surface area contributed by atoms with E-state index in [-0.39, 0.29) is 5.92 Å². The Morgan fingerprint density at radius 2 is 2.00 bits per heavy atom. The zero-order chi connectivity index (χ0) is 14.4. The topological polar surface area (TPSA) is 150 Å². The molecule has 0 spiro atoms. The molecule has 1 unspecified atom stereocenters. The molecule has 2 aliphatic rings. The third-order valence-corrected chi connectivity index (χ3v) is 4.10. The predicted octanol–water partition coefficient (Wildman–Crippen LogP) is -2.01. The molecule has 0 radical (unpaired) electrons. The molecular weight excluding hydrogens is 256 g/mol. The smallest absolute Gasteiger partial charge is 0.334 e. The number of aliphatic hydroxyl groups is 1. The van der Waals surface area contributed by atoms with Gasteiger partial charge in [-0.15, -0.1) is 0 Å². The Morgan fingerprint density at radius 1 is 1.37 bits per heavy atom. The molecule has 0 saturated heterocycles. The normalized spacial score (nSPS) is 37.3. The molecule has 2 aliphatic carbocycles. The summed E-state index contributed by atoms with van der Waals surface area (Å²) < 4.78 is 0. The van der Waals surface area contributed by atoms with Crippen molar-refractivity contribution in [2.75, 3.05) is 6.54 Å². The molecule has 0 aromatic carbocycles. The van der Waals surface area contributed by atoms with Crippen LogP contribution in [0.15, 0.2) is 0 Å². The Bertz CT molecular complexity index is 439. The fourth-order valence-corrected chi connectivity index (χ4v) is 3.05. The van der Waals surface area contributed by atoms with Gasteiger partial charge in [-0.2, -0.15) is 0 Å². The Kier molecular flexibility index (Phi) is 3.23. The summed E-state index contributed by atoms with van der Waals surface area (Å²) >= 11 is 0. The second kappa shape index (κ2) is 4.46. The van der Waals surface area contributed by atoms with E-state index in [1.807, 2.05) is 0 Å². The van der Waals surface area contributed by atoms with E-state index < -0.39 is 47.9 Å². The molecule has 2 saturated carbocycles. The number of amides is 1. The van der Waals surface area contributed by atoms with E-state index in [1.165, 1.54) is 0 Å². The van der Waals surface area contributed by atoms with E-state index in [4.69, 9.17) is 21.1 Å². The average molecular weight is 272 g/mol. The molecule has 0 heterocycles. The maximum atomic E-state index is 12.0. The number of nitrogens with two attached hydrogens (primary N) is 1. The second-order valence-electron chi connectivity index (χ2n) is 5.20. The van der Waals surface area contributed by atoms with Crippen molar-refractivity contribution in [3.63, 3.8) is 0 Å². The lowest BCUT2D eigenvalue weighted by atomic mass is 9.90. The van der Waals surface area contributed by atoms with Gasteiger partial charge in [0.05, 0.1) is 18.0 Å². The van der Waals surface area contributed by atoms with Crippen LogP contribution >= 0.6 is 0 Å². The van der Waals surface area contributed by atoms with E-state index in [2.05, 4.69) is 5.32 Å². The van der Waals surface area contributed by atoms with Crippen molar-refractivity contribution in [2.45, 2.75) is 24.5 Å². The van der Waals surface area contributed by atoms with Crippen LogP contribution < -0.4 is 11.1 Å². The summed E-state index contributed by atoms with van der Waals surface area (Å²) in [5.41, 5.74) is 4.70. The van der Waals surface area contributed by atoms with Crippen LogP contribution in [-0.2, 0) is 14.4 Å². The van der Waals surface area contributed by atoms with Gasteiger partial charge >= 0.3 is 11.9 Å². The first-order valence-electron chi connectivity index (χ1n) is 6.00. The molecule has 0 aromatic heterocycles. The average Bonchev–Trinajstić information content (AvgIpc) is 2.99. The fourth-order valence-electron chi connectivity index (χ4n) is 3.05. The first-order chi connectivity index (χ1) is 8.79. The van der Waals surface area contributed by atoms with E-state index in [9.17, 15) is 14.4 Å². The second-order valence-corrected chi connectivity index (χ2v) is 5.20. The lowest BCUT2D eigenvalue weighted by molar-refractivity contribution is -0.146. The van der Waals surface area contributed by atoms with Gasteiger partial charge in [-0.25, -0.2) is 4.79 Å². The maximum Gasteiger partial charge on any atom is 0.334 e. The van der Waals surface area contributed by atoms with Crippen molar-refractivity contribution < 1.29 is 29.7 Å². The van der Waals surface area contributed by atoms with Gasteiger partial charge in [-0.3, -0.25) is 9.59 Å². The number of hydrogen-bond donors (Lipinski definition) is 5. The van der Waals surface area contributed by atoms with Crippen LogP contribution in [0.1, 0.15) is 12.8 Å². The van der Waals surface area contributed by atoms with Crippen molar-refractivity contribution in [2.24, 2.45) is 23.5 Å². The van der Waals surface area contributed by atoms with Gasteiger partial charge in [0.15, 0.2) is 6.10 Å². The van der Waals surface area contributed by atoms with Crippen molar-refractivity contribution in [1.82, 2.24) is 5.32 Å². The van der Waals surface area contributed by atoms with E-state index in [0.29, 0.717) is 12.8 Å². The summed E-state index contributed by atoms with van der Waals surface area (Å²) in [5, 5.41) is 28.8. The van der Waals surface area contributed by atoms with Crippen molar-refractivity contribution in [3.8, 4) is 0 Å². The van der Waals surface area contributed by atoms with Gasteiger partial charge in [0, 0.05) is 5.92 Å². The summed E-state index contributed by atoms with van der Waals surface area (Å²) in [6.45, 7) is -0.442. The van der Waals surface area contributed by atoms with Crippen LogP contribution in [0, 0.1) is 17.8 Å². The number of carbonyl (C=O) groups is 3. The van der Waals surface area contributed by atoms with Gasteiger partial charge in [-0.1, -0.05) is 0 Å². The van der Waals surface area contributed by atoms with Crippen molar-refractivity contribution in [1.29, 1.82) is 0 Å². The molecule has 1 amide bonds. The number of carboxylic acid groups (broad SMARTS) is 2. The van der Waals surface area contributed by atoms with Gasteiger partial charge in [0.2, 0.25) is 5.91 Å². The number of nitrogens with one attached hydrogen (secondary N) is 1. The minimum atomic E-state index is -1.70. The molecule has 8 nitrogen and oxygen atoms in total. The van der Waals surface area contributed by atoms with E-state index >= 15 is 0 Å².